The summed E-state index contributed by atoms with van der Waals surface area (Å²) in [5.41, 5.74) is 0.727. The molecule has 31 heavy (non-hydrogen) atoms. The summed E-state index contributed by atoms with van der Waals surface area (Å²) < 4.78 is 44.6. The highest BCUT2D eigenvalue weighted by Crippen LogP contribution is 2.27. The molecule has 162 valence electrons. The number of halogens is 3. The van der Waals surface area contributed by atoms with Crippen molar-refractivity contribution in [2.45, 2.75) is 12.3 Å². The molecule has 0 radical (unpaired) electrons. The molecule has 0 fully saturated rings. The van der Waals surface area contributed by atoms with Crippen LogP contribution in [0.5, 0.6) is 11.5 Å². The topological polar surface area (TPSA) is 61.8 Å². The lowest BCUT2D eigenvalue weighted by atomic mass is 10.2. The summed E-state index contributed by atoms with van der Waals surface area (Å²) in [6, 6.07) is 23.6. The molecule has 1 atom stereocenters. The molecule has 0 bridgehead atoms. The highest BCUT2D eigenvalue weighted by molar-refractivity contribution is 5.94. The molecule has 0 aliphatic carbocycles. The minimum Gasteiger partial charge on any atom is -0.457 e. The molecular weight excluding hydrogens is 409 g/mol. The van der Waals surface area contributed by atoms with Gasteiger partial charge in [-0.3, -0.25) is 4.79 Å². The fourth-order valence-corrected chi connectivity index (χ4v) is 2.80. The highest BCUT2D eigenvalue weighted by atomic mass is 19.4. The number of ether oxygens (including phenoxy) is 1. The van der Waals surface area contributed by atoms with E-state index in [1.807, 2.05) is 6.07 Å². The molecule has 1 amide bonds. The van der Waals surface area contributed by atoms with Crippen LogP contribution in [0.3, 0.4) is 0 Å². The molecule has 3 aromatic carbocycles. The van der Waals surface area contributed by atoms with Gasteiger partial charge in [0.2, 0.25) is 0 Å². The second-order valence-corrected chi connectivity index (χ2v) is 6.72. The van der Waals surface area contributed by atoms with Crippen molar-refractivity contribution in [3.8, 4) is 11.5 Å². The number of nitrogens with zero attached hydrogens (tertiary/aromatic N) is 1. The van der Waals surface area contributed by atoms with Gasteiger partial charge in [0.25, 0.3) is 5.91 Å². The van der Waals surface area contributed by atoms with Crippen molar-refractivity contribution in [2.75, 3.05) is 18.1 Å². The number of alkyl halides is 3. The maximum atomic E-state index is 13.0. The normalized spacial score (nSPS) is 12.1. The van der Waals surface area contributed by atoms with E-state index in [1.165, 1.54) is 4.90 Å². The zero-order chi connectivity index (χ0) is 22.3. The quantitative estimate of drug-likeness (QED) is 0.513. The Kier molecular flexibility index (Phi) is 7.15. The van der Waals surface area contributed by atoms with Gasteiger partial charge in [0.05, 0.1) is 13.2 Å². The molecule has 0 aliphatic heterocycles. The summed E-state index contributed by atoms with van der Waals surface area (Å²) >= 11 is 0. The van der Waals surface area contributed by atoms with Crippen LogP contribution in [0.2, 0.25) is 0 Å². The summed E-state index contributed by atoms with van der Waals surface area (Å²) in [4.78, 5) is 13.6. The molecule has 8 heteroatoms. The van der Waals surface area contributed by atoms with Gasteiger partial charge in [-0.1, -0.05) is 42.5 Å². The van der Waals surface area contributed by atoms with E-state index in [4.69, 9.17) is 4.74 Å². The van der Waals surface area contributed by atoms with Crippen molar-refractivity contribution in [3.63, 3.8) is 0 Å². The van der Waals surface area contributed by atoms with Gasteiger partial charge >= 0.3 is 6.18 Å². The Morgan fingerprint density at radius 3 is 2.19 bits per heavy atom. The number of anilines is 1. The van der Waals surface area contributed by atoms with Gasteiger partial charge in [-0.25, -0.2) is 0 Å². The Morgan fingerprint density at radius 1 is 0.935 bits per heavy atom. The van der Waals surface area contributed by atoms with Crippen LogP contribution in [0.1, 0.15) is 10.4 Å². The number of benzene rings is 3. The minimum atomic E-state index is -4.79. The molecule has 0 spiro atoms. The molecule has 3 rings (SSSR count). The summed E-state index contributed by atoms with van der Waals surface area (Å²) in [7, 11) is 0. The fraction of sp³-hybridized carbons (Fsp3) is 0.174. The first-order chi connectivity index (χ1) is 14.8. The number of para-hydroxylation sites is 1. The third kappa shape index (κ3) is 6.48. The first-order valence-corrected chi connectivity index (χ1v) is 9.49. The van der Waals surface area contributed by atoms with Crippen LogP contribution in [0.25, 0.3) is 0 Å². The molecule has 2 N–H and O–H groups in total. The predicted octanol–water partition coefficient (Wildman–Crippen LogP) is 4.60. The van der Waals surface area contributed by atoms with E-state index in [0.29, 0.717) is 22.7 Å². The molecule has 3 aromatic rings. The van der Waals surface area contributed by atoms with Gasteiger partial charge in [0, 0.05) is 17.3 Å². The van der Waals surface area contributed by atoms with Gasteiger partial charge in [-0.2, -0.15) is 13.2 Å². The van der Waals surface area contributed by atoms with Crippen molar-refractivity contribution in [2.24, 2.45) is 0 Å². The maximum absolute atomic E-state index is 13.0. The van der Waals surface area contributed by atoms with E-state index in [0.717, 1.165) is 0 Å². The maximum Gasteiger partial charge on any atom is 0.416 e. The summed E-state index contributed by atoms with van der Waals surface area (Å²) in [6.07, 6.45) is -7.38. The number of aliphatic hydroxyl groups is 1. The van der Waals surface area contributed by atoms with Crippen molar-refractivity contribution in [1.82, 2.24) is 5.32 Å². The monoisotopic (exact) mass is 430 g/mol. The van der Waals surface area contributed by atoms with E-state index in [1.54, 1.807) is 78.9 Å². The fourth-order valence-electron chi connectivity index (χ4n) is 2.80. The lowest BCUT2D eigenvalue weighted by Gasteiger charge is -2.28. The molecule has 5 nitrogen and oxygen atoms in total. The first kappa shape index (κ1) is 22.2. The van der Waals surface area contributed by atoms with E-state index in [-0.39, 0.29) is 6.67 Å². The average Bonchev–Trinajstić information content (AvgIpc) is 2.77. The number of aliphatic hydroxyl groups excluding tert-OH is 1. The van der Waals surface area contributed by atoms with Gasteiger partial charge in [0.1, 0.15) is 11.5 Å². The summed E-state index contributed by atoms with van der Waals surface area (Å²) in [5, 5.41) is 12.2. The summed E-state index contributed by atoms with van der Waals surface area (Å²) in [5.74, 6) is 0.535. The number of carbonyl (C=O) groups is 1. The smallest absolute Gasteiger partial charge is 0.416 e. The van der Waals surface area contributed by atoms with Crippen LogP contribution in [0.15, 0.2) is 84.9 Å². The van der Waals surface area contributed by atoms with Crippen LogP contribution in [0.4, 0.5) is 18.9 Å². The van der Waals surface area contributed by atoms with Gasteiger partial charge in [-0.05, 0) is 36.4 Å². The van der Waals surface area contributed by atoms with Crippen molar-refractivity contribution in [1.29, 1.82) is 0 Å². The zero-order valence-corrected chi connectivity index (χ0v) is 16.4. The predicted molar refractivity (Wildman–Crippen MR) is 111 cm³/mol. The lowest BCUT2D eigenvalue weighted by Crippen LogP contribution is -2.45. The van der Waals surface area contributed by atoms with Gasteiger partial charge in [-0.15, -0.1) is 0 Å². The largest absolute Gasteiger partial charge is 0.457 e. The van der Waals surface area contributed by atoms with Gasteiger partial charge in [0.15, 0.2) is 6.10 Å². The molecule has 0 aliphatic rings. The lowest BCUT2D eigenvalue weighted by molar-refractivity contribution is -0.200. The van der Waals surface area contributed by atoms with Crippen LogP contribution in [-0.4, -0.2) is 36.5 Å². The standard InChI is InChI=1S/C23H21F3N2O3/c24-23(25,26)21(29)15-28(16-27-22(30)17-8-3-1-4-9-17)18-10-7-13-20(14-18)31-19-11-5-2-6-12-19/h1-14,21,29H,15-16H2,(H,27,30). The Balaban J connectivity index is 1.78. The Hall–Kier alpha value is -3.52. The van der Waals surface area contributed by atoms with E-state index >= 15 is 0 Å². The molecular formula is C23H21F3N2O3. The number of rotatable bonds is 8. The van der Waals surface area contributed by atoms with Crippen LogP contribution in [0, 0.1) is 0 Å². The van der Waals surface area contributed by atoms with E-state index in [2.05, 4.69) is 5.32 Å². The highest BCUT2D eigenvalue weighted by Gasteiger charge is 2.39. The van der Waals surface area contributed by atoms with Gasteiger partial charge < -0.3 is 20.1 Å². The second-order valence-electron chi connectivity index (χ2n) is 6.72. The Bertz CT molecular complexity index is 982. The average molecular weight is 430 g/mol. The third-order valence-corrected chi connectivity index (χ3v) is 4.40. The van der Waals surface area contributed by atoms with Crippen molar-refractivity contribution in [3.05, 3.63) is 90.5 Å². The van der Waals surface area contributed by atoms with E-state index in [9.17, 15) is 23.1 Å². The molecule has 0 aromatic heterocycles. The Morgan fingerprint density at radius 2 is 1.55 bits per heavy atom. The van der Waals surface area contributed by atoms with Crippen LogP contribution < -0.4 is 15.0 Å². The first-order valence-electron chi connectivity index (χ1n) is 9.49. The van der Waals surface area contributed by atoms with Crippen LogP contribution in [-0.2, 0) is 0 Å². The number of carbonyl (C=O) groups excluding carboxylic acids is 1. The minimum absolute atomic E-state index is 0.240. The SMILES string of the molecule is O=C(NCN(CC(O)C(F)(F)F)c1cccc(Oc2ccccc2)c1)c1ccccc1. The van der Waals surface area contributed by atoms with E-state index < -0.39 is 24.7 Å². The van der Waals surface area contributed by atoms with Crippen molar-refractivity contribution < 1.29 is 27.8 Å². The number of hydrogen-bond donors (Lipinski definition) is 2. The summed E-state index contributed by atoms with van der Waals surface area (Å²) in [6.45, 7) is -0.997. The second kappa shape index (κ2) is 9.99. The van der Waals surface area contributed by atoms with Crippen LogP contribution >= 0.6 is 0 Å². The molecule has 0 heterocycles. The number of amides is 1. The molecule has 1 unspecified atom stereocenters. The molecule has 0 saturated heterocycles. The van der Waals surface area contributed by atoms with Crippen molar-refractivity contribution >= 4 is 11.6 Å². The Labute approximate surface area is 177 Å². The zero-order valence-electron chi connectivity index (χ0n) is 16.4. The number of nitrogens with one attached hydrogen (secondary N) is 1. The molecule has 0 saturated carbocycles. The number of hydrogen-bond acceptors (Lipinski definition) is 4. The third-order valence-electron chi connectivity index (χ3n) is 4.40.